The predicted octanol–water partition coefficient (Wildman–Crippen LogP) is 0.269. The van der Waals surface area contributed by atoms with Crippen molar-refractivity contribution < 1.29 is 8.85 Å². The molecule has 0 aromatic carbocycles. The van der Waals surface area contributed by atoms with Gasteiger partial charge in [0.25, 0.3) is 0 Å². The van der Waals surface area contributed by atoms with Gasteiger partial charge in [-0.15, -0.1) is 0 Å². The Balaban J connectivity index is 0. The Morgan fingerprint density at radius 2 is 1.73 bits per heavy atom. The molecule has 0 atom stereocenters. The highest BCUT2D eigenvalue weighted by molar-refractivity contribution is 6.17. The average Bonchev–Trinajstić information content (AvgIpc) is 1.90. The van der Waals surface area contributed by atoms with Crippen LogP contribution in [0.5, 0.6) is 0 Å². The lowest BCUT2D eigenvalue weighted by Gasteiger charge is -1.96. The van der Waals surface area contributed by atoms with Crippen molar-refractivity contribution in [2.75, 3.05) is 20.8 Å². The minimum Gasteiger partial charge on any atom is -0.402 e. The van der Waals surface area contributed by atoms with Gasteiger partial charge in [-0.05, 0) is 18.9 Å². The van der Waals surface area contributed by atoms with E-state index in [4.69, 9.17) is 5.73 Å². The summed E-state index contributed by atoms with van der Waals surface area (Å²) in [5.41, 5.74) is 5.23. The van der Waals surface area contributed by atoms with E-state index in [0.29, 0.717) is 0 Å². The molecule has 2 N–H and O–H groups in total. The first-order chi connectivity index (χ1) is 5.18. The molecule has 0 bridgehead atoms. The third-order valence-electron chi connectivity index (χ3n) is 0.980. The summed E-state index contributed by atoms with van der Waals surface area (Å²) in [6, 6.07) is 0. The maximum atomic E-state index is 5.23. The zero-order valence-electron chi connectivity index (χ0n) is 8.09. The Kier molecular flexibility index (Phi) is 15.8. The minimum atomic E-state index is -0.568. The van der Waals surface area contributed by atoms with E-state index in [2.05, 4.69) is 22.7 Å². The first kappa shape index (κ1) is 13.7. The van der Waals surface area contributed by atoms with Crippen LogP contribution in [0, 0.1) is 5.92 Å². The number of rotatable bonds is 4. The van der Waals surface area contributed by atoms with E-state index in [1.807, 2.05) is 0 Å². The van der Waals surface area contributed by atoms with Gasteiger partial charge in [-0.3, -0.25) is 0 Å². The molecule has 0 aliphatic heterocycles. The van der Waals surface area contributed by atoms with E-state index in [9.17, 15) is 0 Å². The molecule has 0 aliphatic rings. The van der Waals surface area contributed by atoms with Gasteiger partial charge in [0.1, 0.15) is 0 Å². The Morgan fingerprint density at radius 1 is 1.27 bits per heavy atom. The van der Waals surface area contributed by atoms with Crippen LogP contribution in [0.3, 0.4) is 0 Å². The van der Waals surface area contributed by atoms with Gasteiger partial charge in [0, 0.05) is 14.2 Å². The zero-order valence-corrected chi connectivity index (χ0v) is 9.51. The van der Waals surface area contributed by atoms with Crippen molar-refractivity contribution >= 4 is 10.0 Å². The molecule has 0 aliphatic carbocycles. The fraction of sp³-hybridized carbons (Fsp3) is 1.00. The van der Waals surface area contributed by atoms with Crippen LogP contribution in [0.1, 0.15) is 20.3 Å². The molecule has 0 radical (unpaired) electrons. The molecule has 0 aromatic heterocycles. The SMILES string of the molecule is CC(C)CCN.CO[SiH2]OC. The van der Waals surface area contributed by atoms with Crippen molar-refractivity contribution in [3.05, 3.63) is 0 Å². The van der Waals surface area contributed by atoms with Gasteiger partial charge in [-0.2, -0.15) is 0 Å². The summed E-state index contributed by atoms with van der Waals surface area (Å²) in [7, 11) is 2.73. The lowest BCUT2D eigenvalue weighted by Crippen LogP contribution is -2.01. The molecule has 0 amide bonds. The number of hydrogen-bond acceptors (Lipinski definition) is 3. The number of hydrogen-bond donors (Lipinski definition) is 1. The topological polar surface area (TPSA) is 44.5 Å². The van der Waals surface area contributed by atoms with Crippen LogP contribution in [-0.2, 0) is 8.85 Å². The summed E-state index contributed by atoms with van der Waals surface area (Å²) >= 11 is 0. The standard InChI is InChI=1S/C5H13N.C2H8O2Si/c1-5(2)3-4-6;1-3-5-4-2/h5H,3-4,6H2,1-2H3;5H2,1-2H3. The highest BCUT2D eigenvalue weighted by atomic mass is 28.3. The van der Waals surface area contributed by atoms with Crippen LogP contribution in [0.25, 0.3) is 0 Å². The summed E-state index contributed by atoms with van der Waals surface area (Å²) in [4.78, 5) is 0. The molecule has 70 valence electrons. The Bertz CT molecular complexity index is 60.4. The molecule has 0 fully saturated rings. The maximum absolute atomic E-state index is 5.23. The molecule has 0 unspecified atom stereocenters. The fourth-order valence-corrected chi connectivity index (χ4v) is 0.687. The molecule has 11 heavy (non-hydrogen) atoms. The van der Waals surface area contributed by atoms with E-state index < -0.39 is 10.0 Å². The third kappa shape index (κ3) is 25.5. The van der Waals surface area contributed by atoms with E-state index >= 15 is 0 Å². The van der Waals surface area contributed by atoms with Gasteiger partial charge in [-0.1, -0.05) is 13.8 Å². The summed E-state index contributed by atoms with van der Waals surface area (Å²) < 4.78 is 9.22. The fourth-order valence-electron chi connectivity index (χ4n) is 0.451. The van der Waals surface area contributed by atoms with Crippen LogP contribution in [-0.4, -0.2) is 30.8 Å². The first-order valence-electron chi connectivity index (χ1n) is 3.87. The second kappa shape index (κ2) is 12.7. The average molecular weight is 179 g/mol. The van der Waals surface area contributed by atoms with Gasteiger partial charge >= 0.3 is 10.0 Å². The second-order valence-electron chi connectivity index (χ2n) is 2.67. The van der Waals surface area contributed by atoms with Gasteiger partial charge in [0.15, 0.2) is 0 Å². The van der Waals surface area contributed by atoms with Crippen molar-refractivity contribution in [2.45, 2.75) is 20.3 Å². The normalized spacial score (nSPS) is 9.27. The predicted molar refractivity (Wildman–Crippen MR) is 51.1 cm³/mol. The van der Waals surface area contributed by atoms with Crippen LogP contribution >= 0.6 is 0 Å². The van der Waals surface area contributed by atoms with Crippen LogP contribution in [0.4, 0.5) is 0 Å². The lowest BCUT2D eigenvalue weighted by molar-refractivity contribution is 0.309. The molecular weight excluding hydrogens is 158 g/mol. The third-order valence-corrected chi connectivity index (χ3v) is 1.45. The van der Waals surface area contributed by atoms with Crippen molar-refractivity contribution in [3.63, 3.8) is 0 Å². The highest BCUT2D eigenvalue weighted by Crippen LogP contribution is 1.93. The van der Waals surface area contributed by atoms with Crippen molar-refractivity contribution in [3.8, 4) is 0 Å². The van der Waals surface area contributed by atoms with E-state index in [-0.39, 0.29) is 0 Å². The Morgan fingerprint density at radius 3 is 1.73 bits per heavy atom. The van der Waals surface area contributed by atoms with Crippen LogP contribution < -0.4 is 5.73 Å². The molecular formula is C7H21NO2Si. The first-order valence-corrected chi connectivity index (χ1v) is 5.02. The summed E-state index contributed by atoms with van der Waals surface area (Å²) in [5.74, 6) is 0.773. The second-order valence-corrected chi connectivity index (χ2v) is 4.06. The Labute approximate surface area is 72.3 Å². The van der Waals surface area contributed by atoms with Crippen LogP contribution in [0.15, 0.2) is 0 Å². The number of nitrogens with two attached hydrogens (primary N) is 1. The molecule has 0 rings (SSSR count). The summed E-state index contributed by atoms with van der Waals surface area (Å²) in [6.45, 7) is 5.18. The van der Waals surface area contributed by atoms with Crippen molar-refractivity contribution in [1.82, 2.24) is 0 Å². The molecule has 0 heterocycles. The lowest BCUT2D eigenvalue weighted by atomic mass is 10.1. The monoisotopic (exact) mass is 179 g/mol. The summed E-state index contributed by atoms with van der Waals surface area (Å²) in [5, 5.41) is 0. The van der Waals surface area contributed by atoms with Gasteiger partial charge in [-0.25, -0.2) is 0 Å². The molecule has 0 saturated carbocycles. The molecule has 0 saturated heterocycles. The van der Waals surface area contributed by atoms with E-state index in [1.165, 1.54) is 0 Å². The molecule has 3 nitrogen and oxygen atoms in total. The van der Waals surface area contributed by atoms with E-state index in [0.717, 1.165) is 18.9 Å². The van der Waals surface area contributed by atoms with Crippen molar-refractivity contribution in [1.29, 1.82) is 0 Å². The minimum absolute atomic E-state index is 0.568. The molecule has 4 heteroatoms. The largest absolute Gasteiger partial charge is 0.402 e. The Hall–Kier alpha value is 0.0969. The van der Waals surface area contributed by atoms with E-state index in [1.54, 1.807) is 14.2 Å². The van der Waals surface area contributed by atoms with Gasteiger partial charge in [0.05, 0.1) is 0 Å². The van der Waals surface area contributed by atoms with Gasteiger partial charge < -0.3 is 14.6 Å². The molecule has 0 aromatic rings. The summed E-state index contributed by atoms with van der Waals surface area (Å²) in [6.07, 6.45) is 1.15. The molecule has 0 spiro atoms. The van der Waals surface area contributed by atoms with Crippen LogP contribution in [0.2, 0.25) is 0 Å². The quantitative estimate of drug-likeness (QED) is 0.630. The van der Waals surface area contributed by atoms with Gasteiger partial charge in [0.2, 0.25) is 0 Å². The highest BCUT2D eigenvalue weighted by Gasteiger charge is 1.85. The zero-order chi connectivity index (χ0) is 9.11. The van der Waals surface area contributed by atoms with Crippen molar-refractivity contribution in [2.24, 2.45) is 11.7 Å². The smallest absolute Gasteiger partial charge is 0.303 e. The maximum Gasteiger partial charge on any atom is 0.303 e.